The second-order valence-corrected chi connectivity index (χ2v) is 10.3. The number of rotatable bonds is 11. The molecule has 1 aromatic rings. The zero-order valence-corrected chi connectivity index (χ0v) is 24.8. The number of hydrogen-bond acceptors (Lipinski definition) is 5. The van der Waals surface area contributed by atoms with Crippen LogP contribution in [0, 0.1) is 11.3 Å². The molecule has 0 unspecified atom stereocenters. The maximum Gasteiger partial charge on any atom is 0.225 e. The SMILES string of the molecule is CC.CC/C=C\C=C(/CC)C1(CNC(C)=O)CCN(C(=O)C2CCN(Cc3ccc(CNC)o3)CC2)CC1. The van der Waals surface area contributed by atoms with E-state index in [9.17, 15) is 9.59 Å². The molecule has 0 spiro atoms. The maximum absolute atomic E-state index is 13.4. The summed E-state index contributed by atoms with van der Waals surface area (Å²) in [7, 11) is 1.92. The Kier molecular flexibility index (Phi) is 13.9. The molecule has 2 N–H and O–H groups in total. The number of carbonyl (C=O) groups is 2. The van der Waals surface area contributed by atoms with Gasteiger partial charge in [-0.15, -0.1) is 0 Å². The van der Waals surface area contributed by atoms with Crippen molar-refractivity contribution in [3.8, 4) is 0 Å². The zero-order valence-electron chi connectivity index (χ0n) is 24.8. The first-order valence-corrected chi connectivity index (χ1v) is 14.7. The van der Waals surface area contributed by atoms with Crippen molar-refractivity contribution in [1.29, 1.82) is 0 Å². The Labute approximate surface area is 231 Å². The molecule has 3 rings (SSSR count). The van der Waals surface area contributed by atoms with Gasteiger partial charge < -0.3 is 20.0 Å². The van der Waals surface area contributed by atoms with Gasteiger partial charge in [0.2, 0.25) is 11.8 Å². The molecular weight excluding hydrogens is 476 g/mol. The van der Waals surface area contributed by atoms with E-state index in [0.717, 1.165) is 89.3 Å². The molecule has 2 amide bonds. The van der Waals surface area contributed by atoms with Gasteiger partial charge in [-0.1, -0.05) is 51.5 Å². The van der Waals surface area contributed by atoms with E-state index in [4.69, 9.17) is 4.42 Å². The lowest BCUT2D eigenvalue weighted by Crippen LogP contribution is -2.50. The summed E-state index contributed by atoms with van der Waals surface area (Å²) in [6.07, 6.45) is 12.1. The standard InChI is InChI=1S/C29H46N4O3.C2H6/c1-5-7-8-9-25(6-2)29(22-31-23(3)34)14-18-33(19-15-29)28(35)24-12-16-32(17-13-24)21-27-11-10-26(36-27)20-30-4;1-2/h7-11,24,30H,5-6,12-22H2,1-4H3,(H,31,34);1-2H3/b8-7-,25-9+;. The molecule has 0 radical (unpaired) electrons. The lowest BCUT2D eigenvalue weighted by molar-refractivity contribution is -0.139. The number of nitrogens with zero attached hydrogens (tertiary/aromatic N) is 2. The Morgan fingerprint density at radius 2 is 1.74 bits per heavy atom. The van der Waals surface area contributed by atoms with Gasteiger partial charge in [-0.05, 0) is 70.8 Å². The van der Waals surface area contributed by atoms with Crippen LogP contribution in [0.5, 0.6) is 0 Å². The van der Waals surface area contributed by atoms with Crippen LogP contribution in [0.2, 0.25) is 0 Å². The summed E-state index contributed by atoms with van der Waals surface area (Å²) >= 11 is 0. The van der Waals surface area contributed by atoms with Crippen molar-refractivity contribution >= 4 is 11.8 Å². The molecule has 0 saturated carbocycles. The van der Waals surface area contributed by atoms with Crippen LogP contribution in [0.15, 0.2) is 40.4 Å². The highest BCUT2D eigenvalue weighted by Crippen LogP contribution is 2.40. The van der Waals surface area contributed by atoms with Crippen LogP contribution >= 0.6 is 0 Å². The Morgan fingerprint density at radius 3 is 2.32 bits per heavy atom. The largest absolute Gasteiger partial charge is 0.463 e. The fraction of sp³-hybridized carbons (Fsp3) is 0.677. The molecular formula is C31H52N4O3. The van der Waals surface area contributed by atoms with Gasteiger partial charge in [-0.25, -0.2) is 0 Å². The first-order valence-electron chi connectivity index (χ1n) is 14.7. The second kappa shape index (κ2) is 16.6. The quantitative estimate of drug-likeness (QED) is 0.382. The van der Waals surface area contributed by atoms with Crippen LogP contribution in [0.25, 0.3) is 0 Å². The summed E-state index contributed by atoms with van der Waals surface area (Å²) in [5.74, 6) is 2.37. The van der Waals surface area contributed by atoms with E-state index in [2.05, 4.69) is 58.6 Å². The summed E-state index contributed by atoms with van der Waals surface area (Å²) in [4.78, 5) is 29.6. The van der Waals surface area contributed by atoms with E-state index < -0.39 is 0 Å². The molecule has 0 atom stereocenters. The number of nitrogens with one attached hydrogen (secondary N) is 2. The fourth-order valence-electron chi connectivity index (χ4n) is 5.64. The lowest BCUT2D eigenvalue weighted by Gasteiger charge is -2.45. The Bertz CT molecular complexity index is 904. The van der Waals surface area contributed by atoms with Crippen LogP contribution in [0.1, 0.15) is 84.7 Å². The number of allylic oxidation sites excluding steroid dienone is 3. The molecule has 2 saturated heterocycles. The van der Waals surface area contributed by atoms with Crippen molar-refractivity contribution in [1.82, 2.24) is 20.4 Å². The minimum absolute atomic E-state index is 0.00648. The number of carbonyl (C=O) groups excluding carboxylic acids is 2. The fourth-order valence-corrected chi connectivity index (χ4v) is 5.64. The van der Waals surface area contributed by atoms with Crippen molar-refractivity contribution in [2.75, 3.05) is 39.8 Å². The predicted octanol–water partition coefficient (Wildman–Crippen LogP) is 5.28. The van der Waals surface area contributed by atoms with Gasteiger partial charge in [0.05, 0.1) is 13.1 Å². The number of hydrogen-bond donors (Lipinski definition) is 2. The molecule has 0 bridgehead atoms. The van der Waals surface area contributed by atoms with Gasteiger partial charge in [-0.3, -0.25) is 14.5 Å². The summed E-state index contributed by atoms with van der Waals surface area (Å²) in [6, 6.07) is 4.09. The van der Waals surface area contributed by atoms with Crippen LogP contribution in [0.3, 0.4) is 0 Å². The van der Waals surface area contributed by atoms with Crippen molar-refractivity contribution in [2.45, 2.75) is 86.2 Å². The first-order chi connectivity index (χ1) is 18.4. The number of piperidine rings is 2. The number of furan rings is 1. The van der Waals surface area contributed by atoms with E-state index in [1.807, 2.05) is 27.0 Å². The highest BCUT2D eigenvalue weighted by atomic mass is 16.3. The average Bonchev–Trinajstić information content (AvgIpc) is 3.38. The highest BCUT2D eigenvalue weighted by Gasteiger charge is 2.39. The van der Waals surface area contributed by atoms with E-state index in [-0.39, 0.29) is 17.2 Å². The van der Waals surface area contributed by atoms with E-state index in [1.165, 1.54) is 5.57 Å². The van der Waals surface area contributed by atoms with Crippen molar-refractivity contribution < 1.29 is 14.0 Å². The van der Waals surface area contributed by atoms with Gasteiger partial charge in [0.15, 0.2) is 0 Å². The molecule has 3 heterocycles. The molecule has 2 fully saturated rings. The maximum atomic E-state index is 13.4. The summed E-state index contributed by atoms with van der Waals surface area (Å²) in [5.41, 5.74) is 1.30. The van der Waals surface area contributed by atoms with Crippen LogP contribution in [-0.4, -0.2) is 61.4 Å². The zero-order chi connectivity index (χ0) is 28.0. The molecule has 214 valence electrons. The third-order valence-corrected chi connectivity index (χ3v) is 7.82. The van der Waals surface area contributed by atoms with Crippen LogP contribution < -0.4 is 10.6 Å². The highest BCUT2D eigenvalue weighted by molar-refractivity contribution is 5.79. The van der Waals surface area contributed by atoms with Crippen LogP contribution in [0.4, 0.5) is 0 Å². The van der Waals surface area contributed by atoms with E-state index in [1.54, 1.807) is 6.92 Å². The monoisotopic (exact) mass is 528 g/mol. The van der Waals surface area contributed by atoms with Crippen LogP contribution in [-0.2, 0) is 22.7 Å². The summed E-state index contributed by atoms with van der Waals surface area (Å²) in [5, 5.41) is 6.19. The molecule has 2 aliphatic rings. The van der Waals surface area contributed by atoms with E-state index in [0.29, 0.717) is 12.5 Å². The molecule has 38 heavy (non-hydrogen) atoms. The molecule has 0 aliphatic carbocycles. The molecule has 0 aromatic carbocycles. The normalized spacial score (nSPS) is 18.8. The minimum atomic E-state index is -0.0756. The van der Waals surface area contributed by atoms with Crippen molar-refractivity contribution in [2.24, 2.45) is 11.3 Å². The minimum Gasteiger partial charge on any atom is -0.463 e. The number of likely N-dealkylation sites (tertiary alicyclic amines) is 2. The van der Waals surface area contributed by atoms with Gasteiger partial charge in [-0.2, -0.15) is 0 Å². The molecule has 7 heteroatoms. The summed E-state index contributed by atoms with van der Waals surface area (Å²) < 4.78 is 5.90. The third kappa shape index (κ3) is 9.12. The van der Waals surface area contributed by atoms with Gasteiger partial charge in [0.25, 0.3) is 0 Å². The topological polar surface area (TPSA) is 77.8 Å². The van der Waals surface area contributed by atoms with E-state index >= 15 is 0 Å². The molecule has 7 nitrogen and oxygen atoms in total. The smallest absolute Gasteiger partial charge is 0.225 e. The first kappa shape index (κ1) is 31.8. The van der Waals surface area contributed by atoms with Crippen molar-refractivity contribution in [3.05, 3.63) is 47.5 Å². The second-order valence-electron chi connectivity index (χ2n) is 10.3. The van der Waals surface area contributed by atoms with Gasteiger partial charge >= 0.3 is 0 Å². The Balaban J connectivity index is 0.00000247. The van der Waals surface area contributed by atoms with Gasteiger partial charge in [0, 0.05) is 37.9 Å². The van der Waals surface area contributed by atoms with Gasteiger partial charge in [0.1, 0.15) is 11.5 Å². The molecule has 1 aromatic heterocycles. The molecule has 2 aliphatic heterocycles. The lowest BCUT2D eigenvalue weighted by atomic mass is 9.70. The predicted molar refractivity (Wildman–Crippen MR) is 156 cm³/mol. The Hall–Kier alpha value is -2.38. The Morgan fingerprint density at radius 1 is 1.08 bits per heavy atom. The third-order valence-electron chi connectivity index (χ3n) is 7.82. The number of amides is 2. The van der Waals surface area contributed by atoms with Crippen molar-refractivity contribution in [3.63, 3.8) is 0 Å². The average molecular weight is 529 g/mol. The summed E-state index contributed by atoms with van der Waals surface area (Å²) in [6.45, 7) is 15.5.